The van der Waals surface area contributed by atoms with E-state index in [0.29, 0.717) is 18.1 Å². The molecule has 0 bridgehead atoms. The number of hydrogen-bond acceptors (Lipinski definition) is 6. The summed E-state index contributed by atoms with van der Waals surface area (Å²) in [5.41, 5.74) is 4.89. The molecule has 0 atom stereocenters. The van der Waals surface area contributed by atoms with Crippen molar-refractivity contribution in [1.29, 1.82) is 0 Å². The summed E-state index contributed by atoms with van der Waals surface area (Å²) in [7, 11) is 1.90. The SMILES string of the molecule is CCOC1CCC(Nc2ncc3c(-c4ccc5nnn(C)c5c4)c[nH]c3n2)CC1. The van der Waals surface area contributed by atoms with E-state index in [1.54, 1.807) is 4.68 Å². The Bertz CT molecular complexity index is 1140. The van der Waals surface area contributed by atoms with E-state index < -0.39 is 0 Å². The van der Waals surface area contributed by atoms with Crippen molar-refractivity contribution in [2.45, 2.75) is 44.8 Å². The summed E-state index contributed by atoms with van der Waals surface area (Å²) >= 11 is 0. The van der Waals surface area contributed by atoms with Crippen LogP contribution in [0.25, 0.3) is 33.2 Å². The van der Waals surface area contributed by atoms with Gasteiger partial charge in [0.25, 0.3) is 0 Å². The largest absolute Gasteiger partial charge is 0.379 e. The molecule has 150 valence electrons. The van der Waals surface area contributed by atoms with Crippen LogP contribution in [0.4, 0.5) is 5.95 Å². The minimum absolute atomic E-state index is 0.401. The monoisotopic (exact) mass is 391 g/mol. The lowest BCUT2D eigenvalue weighted by Crippen LogP contribution is -2.30. The molecule has 29 heavy (non-hydrogen) atoms. The van der Waals surface area contributed by atoms with Crippen molar-refractivity contribution in [2.75, 3.05) is 11.9 Å². The number of ether oxygens (including phenoxy) is 1. The van der Waals surface area contributed by atoms with Gasteiger partial charge in [0.2, 0.25) is 5.95 Å². The number of aryl methyl sites for hydroxylation is 1. The van der Waals surface area contributed by atoms with Crippen molar-refractivity contribution < 1.29 is 4.74 Å². The summed E-state index contributed by atoms with van der Waals surface area (Å²) < 4.78 is 7.52. The highest BCUT2D eigenvalue weighted by atomic mass is 16.5. The van der Waals surface area contributed by atoms with E-state index in [2.05, 4.69) is 44.7 Å². The fourth-order valence-electron chi connectivity index (χ4n) is 4.21. The first-order valence-electron chi connectivity index (χ1n) is 10.2. The molecule has 2 N–H and O–H groups in total. The molecule has 8 nitrogen and oxygen atoms in total. The number of aromatic nitrogens is 6. The molecule has 0 spiro atoms. The maximum atomic E-state index is 5.74. The molecule has 1 fully saturated rings. The average Bonchev–Trinajstić information content (AvgIpc) is 3.33. The molecule has 5 rings (SSSR count). The second kappa shape index (κ2) is 7.44. The summed E-state index contributed by atoms with van der Waals surface area (Å²) in [5, 5.41) is 12.7. The van der Waals surface area contributed by atoms with Gasteiger partial charge in [-0.1, -0.05) is 11.3 Å². The second-order valence-electron chi connectivity index (χ2n) is 7.65. The van der Waals surface area contributed by atoms with E-state index in [-0.39, 0.29) is 0 Å². The third kappa shape index (κ3) is 3.44. The molecule has 8 heteroatoms. The first kappa shape index (κ1) is 18.1. The molecule has 3 heterocycles. The number of rotatable bonds is 5. The van der Waals surface area contributed by atoms with E-state index >= 15 is 0 Å². The third-order valence-electron chi connectivity index (χ3n) is 5.76. The summed E-state index contributed by atoms with van der Waals surface area (Å²) in [6.45, 7) is 2.85. The summed E-state index contributed by atoms with van der Waals surface area (Å²) in [6.07, 6.45) is 8.63. The Morgan fingerprint density at radius 2 is 2.10 bits per heavy atom. The van der Waals surface area contributed by atoms with E-state index in [0.717, 1.165) is 65.5 Å². The number of nitrogens with one attached hydrogen (secondary N) is 2. The highest BCUT2D eigenvalue weighted by molar-refractivity contribution is 5.95. The zero-order valence-corrected chi connectivity index (χ0v) is 16.7. The lowest BCUT2D eigenvalue weighted by Gasteiger charge is -2.28. The van der Waals surface area contributed by atoms with Gasteiger partial charge in [0.15, 0.2) is 0 Å². The zero-order valence-electron chi connectivity index (χ0n) is 16.7. The highest BCUT2D eigenvalue weighted by Crippen LogP contribution is 2.30. The first-order valence-corrected chi connectivity index (χ1v) is 10.2. The zero-order chi connectivity index (χ0) is 19.8. The molecule has 3 aromatic heterocycles. The summed E-state index contributed by atoms with van der Waals surface area (Å²) in [6, 6.07) is 6.55. The van der Waals surface area contributed by atoms with Crippen LogP contribution in [-0.2, 0) is 11.8 Å². The van der Waals surface area contributed by atoms with Gasteiger partial charge in [0.05, 0.1) is 11.6 Å². The highest BCUT2D eigenvalue weighted by Gasteiger charge is 2.22. The van der Waals surface area contributed by atoms with Crippen LogP contribution in [0.2, 0.25) is 0 Å². The van der Waals surface area contributed by atoms with Gasteiger partial charge in [0, 0.05) is 43.0 Å². The van der Waals surface area contributed by atoms with Gasteiger partial charge < -0.3 is 15.0 Å². The molecule has 0 aliphatic heterocycles. The van der Waals surface area contributed by atoms with Crippen molar-refractivity contribution in [3.8, 4) is 11.1 Å². The van der Waals surface area contributed by atoms with Gasteiger partial charge in [-0.2, -0.15) is 4.98 Å². The number of nitrogens with zero attached hydrogens (tertiary/aromatic N) is 5. The van der Waals surface area contributed by atoms with Crippen LogP contribution in [0, 0.1) is 0 Å². The molecule has 0 amide bonds. The predicted molar refractivity (Wildman–Crippen MR) is 113 cm³/mol. The molecule has 0 saturated heterocycles. The number of hydrogen-bond donors (Lipinski definition) is 2. The third-order valence-corrected chi connectivity index (χ3v) is 5.76. The van der Waals surface area contributed by atoms with Gasteiger partial charge >= 0.3 is 0 Å². The Labute approximate surface area is 168 Å². The second-order valence-corrected chi connectivity index (χ2v) is 7.65. The van der Waals surface area contributed by atoms with Crippen LogP contribution in [0.1, 0.15) is 32.6 Å². The van der Waals surface area contributed by atoms with E-state index in [4.69, 9.17) is 9.72 Å². The minimum atomic E-state index is 0.401. The number of H-pyrrole nitrogens is 1. The van der Waals surface area contributed by atoms with Crippen molar-refractivity contribution in [1.82, 2.24) is 29.9 Å². The Kier molecular flexibility index (Phi) is 4.63. The van der Waals surface area contributed by atoms with Gasteiger partial charge in [-0.3, -0.25) is 0 Å². The van der Waals surface area contributed by atoms with E-state index in [9.17, 15) is 0 Å². The number of anilines is 1. The molecule has 1 aliphatic carbocycles. The Hall–Kier alpha value is -3.00. The molecule has 0 radical (unpaired) electrons. The number of aromatic amines is 1. The lowest BCUT2D eigenvalue weighted by atomic mass is 9.93. The predicted octanol–water partition coefficient (Wildman–Crippen LogP) is 3.67. The van der Waals surface area contributed by atoms with Crippen LogP contribution < -0.4 is 5.32 Å². The van der Waals surface area contributed by atoms with Crippen LogP contribution in [0.3, 0.4) is 0 Å². The number of benzene rings is 1. The van der Waals surface area contributed by atoms with E-state index in [1.807, 2.05) is 25.5 Å². The van der Waals surface area contributed by atoms with E-state index in [1.165, 1.54) is 0 Å². The van der Waals surface area contributed by atoms with Crippen molar-refractivity contribution >= 4 is 28.0 Å². The fourth-order valence-corrected chi connectivity index (χ4v) is 4.21. The maximum Gasteiger partial charge on any atom is 0.224 e. The van der Waals surface area contributed by atoms with Crippen LogP contribution in [-0.4, -0.2) is 48.7 Å². The summed E-state index contributed by atoms with van der Waals surface area (Å²) in [5.74, 6) is 0.678. The summed E-state index contributed by atoms with van der Waals surface area (Å²) in [4.78, 5) is 12.6. The lowest BCUT2D eigenvalue weighted by molar-refractivity contribution is 0.0346. The standard InChI is InChI=1S/C21H25N7O/c1-3-29-15-7-5-14(6-8-15)24-21-23-12-17-16(11-22-20(17)25-21)13-4-9-18-19(10-13)28(2)27-26-18/h4,9-12,14-15H,3,5-8H2,1-2H3,(H2,22,23,24,25). The molecular weight excluding hydrogens is 366 g/mol. The molecule has 1 aliphatic rings. The van der Waals surface area contributed by atoms with Gasteiger partial charge in [-0.25, -0.2) is 9.67 Å². The van der Waals surface area contributed by atoms with Crippen LogP contribution >= 0.6 is 0 Å². The Balaban J connectivity index is 1.36. The van der Waals surface area contributed by atoms with Crippen molar-refractivity contribution in [3.63, 3.8) is 0 Å². The van der Waals surface area contributed by atoms with Gasteiger partial charge in [-0.05, 0) is 50.3 Å². The topological polar surface area (TPSA) is 93.5 Å². The minimum Gasteiger partial charge on any atom is -0.379 e. The Morgan fingerprint density at radius 1 is 1.24 bits per heavy atom. The van der Waals surface area contributed by atoms with Gasteiger partial charge in [-0.15, -0.1) is 5.10 Å². The molecule has 1 aromatic carbocycles. The quantitative estimate of drug-likeness (QED) is 0.539. The smallest absolute Gasteiger partial charge is 0.224 e. The normalized spacial score (nSPS) is 19.8. The average molecular weight is 391 g/mol. The number of fused-ring (bicyclic) bond motifs is 2. The molecular formula is C21H25N7O. The Morgan fingerprint density at radius 3 is 2.93 bits per heavy atom. The van der Waals surface area contributed by atoms with Gasteiger partial charge in [0.1, 0.15) is 11.2 Å². The van der Waals surface area contributed by atoms with Crippen molar-refractivity contribution in [2.24, 2.45) is 7.05 Å². The van der Waals surface area contributed by atoms with Crippen LogP contribution in [0.15, 0.2) is 30.6 Å². The first-order chi connectivity index (χ1) is 14.2. The van der Waals surface area contributed by atoms with Crippen molar-refractivity contribution in [3.05, 3.63) is 30.6 Å². The maximum absolute atomic E-state index is 5.74. The molecule has 1 saturated carbocycles. The molecule has 0 unspecified atom stereocenters. The molecule has 4 aromatic rings. The van der Waals surface area contributed by atoms with Crippen LogP contribution in [0.5, 0.6) is 0 Å². The fraction of sp³-hybridized carbons (Fsp3) is 0.429.